The Morgan fingerprint density at radius 2 is 1.83 bits per heavy atom. The molecule has 3 N–H and O–H groups in total. The number of nitrogens with one attached hydrogen (secondary N) is 1. The first-order valence-electron chi connectivity index (χ1n) is 9.63. The van der Waals surface area contributed by atoms with Crippen molar-refractivity contribution in [1.29, 1.82) is 0 Å². The molecule has 1 rings (SSSR count). The molecule has 0 aliphatic heterocycles. The molecule has 0 saturated heterocycles. The number of sulfone groups is 1. The fourth-order valence-electron chi connectivity index (χ4n) is 2.83. The van der Waals surface area contributed by atoms with Crippen molar-refractivity contribution >= 4 is 21.7 Å². The van der Waals surface area contributed by atoms with Crippen LogP contribution in [0.1, 0.15) is 45.8 Å². The third kappa shape index (κ3) is 7.49. The second-order valence-corrected chi connectivity index (χ2v) is 9.58. The van der Waals surface area contributed by atoms with E-state index in [1.807, 2.05) is 13.8 Å². The summed E-state index contributed by atoms with van der Waals surface area (Å²) in [6.45, 7) is 7.20. The lowest BCUT2D eigenvalue weighted by atomic mass is 10.0. The van der Waals surface area contributed by atoms with E-state index in [1.165, 1.54) is 20.1 Å². The summed E-state index contributed by atoms with van der Waals surface area (Å²) in [6, 6.07) is 3.73. The Kier molecular flexibility index (Phi) is 9.57. The van der Waals surface area contributed by atoms with Crippen molar-refractivity contribution in [3.63, 3.8) is 0 Å². The van der Waals surface area contributed by atoms with Crippen molar-refractivity contribution in [3.05, 3.63) is 23.8 Å². The lowest BCUT2D eigenvalue weighted by Crippen LogP contribution is -2.45. The maximum atomic E-state index is 12.8. The smallest absolute Gasteiger partial charge is 0.329 e. The van der Waals surface area contributed by atoms with Crippen molar-refractivity contribution in [2.24, 2.45) is 11.7 Å². The maximum Gasteiger partial charge on any atom is 0.329 e. The first kappa shape index (κ1) is 25.7. The fourth-order valence-corrected chi connectivity index (χ4v) is 3.49. The van der Waals surface area contributed by atoms with Gasteiger partial charge in [-0.3, -0.25) is 4.79 Å². The summed E-state index contributed by atoms with van der Waals surface area (Å²) in [6.07, 6.45) is -0.0160. The van der Waals surface area contributed by atoms with Crippen LogP contribution in [0.2, 0.25) is 0 Å². The number of methoxy groups -OCH3 is 1. The van der Waals surface area contributed by atoms with Crippen molar-refractivity contribution in [3.8, 4) is 11.5 Å². The number of ether oxygens (including phenoxy) is 3. The number of esters is 1. The molecule has 3 atom stereocenters. The predicted octanol–water partition coefficient (Wildman–Crippen LogP) is 1.56. The average molecular weight is 445 g/mol. The molecular formula is C20H32N2O7S. The maximum absolute atomic E-state index is 12.8. The molecule has 1 unspecified atom stereocenters. The highest BCUT2D eigenvalue weighted by Crippen LogP contribution is 2.33. The molecule has 10 heteroatoms. The molecule has 0 aliphatic rings. The Hall–Kier alpha value is -2.33. The van der Waals surface area contributed by atoms with Crippen molar-refractivity contribution in [2.45, 2.75) is 51.6 Å². The fraction of sp³-hybridized carbons (Fsp3) is 0.600. The summed E-state index contributed by atoms with van der Waals surface area (Å²) in [5, 5.41) is 1.03. The Balaban J connectivity index is 3.35. The number of carbonyl (C=O) groups excluding carboxylic acids is 2. The minimum atomic E-state index is -3.77. The SMILES string of the molecule is CCOc1cc(C(OC(=O)[C@H](CC(C)C)NC(C)=O)[C@@H](N)S(C)(=O)=O)ccc1OC. The van der Waals surface area contributed by atoms with Gasteiger partial charge in [0, 0.05) is 13.2 Å². The Morgan fingerprint density at radius 3 is 2.30 bits per heavy atom. The summed E-state index contributed by atoms with van der Waals surface area (Å²) < 4.78 is 40.6. The minimum absolute atomic E-state index is 0.0852. The van der Waals surface area contributed by atoms with Crippen molar-refractivity contribution in [2.75, 3.05) is 20.0 Å². The van der Waals surface area contributed by atoms with Crippen LogP contribution < -0.4 is 20.5 Å². The largest absolute Gasteiger partial charge is 0.493 e. The molecule has 1 aromatic rings. The highest BCUT2D eigenvalue weighted by molar-refractivity contribution is 7.91. The monoisotopic (exact) mass is 444 g/mol. The predicted molar refractivity (Wildman–Crippen MR) is 113 cm³/mol. The molecule has 0 radical (unpaired) electrons. The summed E-state index contributed by atoms with van der Waals surface area (Å²) in [7, 11) is -2.29. The molecule has 0 heterocycles. The van der Waals surface area contributed by atoms with Crippen LogP contribution in [0.4, 0.5) is 0 Å². The minimum Gasteiger partial charge on any atom is -0.493 e. The zero-order chi connectivity index (χ0) is 23.1. The van der Waals surface area contributed by atoms with Gasteiger partial charge in [-0.1, -0.05) is 19.9 Å². The Bertz CT molecular complexity index is 840. The summed E-state index contributed by atoms with van der Waals surface area (Å²) in [4.78, 5) is 24.3. The van der Waals surface area contributed by atoms with Crippen LogP contribution >= 0.6 is 0 Å². The van der Waals surface area contributed by atoms with Gasteiger partial charge in [-0.05, 0) is 37.0 Å². The van der Waals surface area contributed by atoms with Gasteiger partial charge in [0.1, 0.15) is 11.4 Å². The van der Waals surface area contributed by atoms with Gasteiger partial charge in [0.2, 0.25) is 5.91 Å². The number of nitrogens with two attached hydrogens (primary N) is 1. The summed E-state index contributed by atoms with van der Waals surface area (Å²) in [5.74, 6) is -0.280. The van der Waals surface area contributed by atoms with Gasteiger partial charge in [-0.2, -0.15) is 0 Å². The van der Waals surface area contributed by atoms with Crippen LogP contribution in [0.5, 0.6) is 11.5 Å². The van der Waals surface area contributed by atoms with Gasteiger partial charge < -0.3 is 25.3 Å². The molecule has 0 fully saturated rings. The Labute approximate surface area is 178 Å². The lowest BCUT2D eigenvalue weighted by Gasteiger charge is -2.27. The number of amides is 1. The molecule has 1 amide bonds. The van der Waals surface area contributed by atoms with Gasteiger partial charge in [0.25, 0.3) is 0 Å². The highest BCUT2D eigenvalue weighted by Gasteiger charge is 2.34. The zero-order valence-corrected chi connectivity index (χ0v) is 19.1. The molecule has 1 aromatic carbocycles. The second-order valence-electron chi connectivity index (χ2n) is 7.38. The van der Waals surface area contributed by atoms with E-state index in [1.54, 1.807) is 19.1 Å². The molecule has 30 heavy (non-hydrogen) atoms. The van der Waals surface area contributed by atoms with E-state index in [2.05, 4.69) is 5.32 Å². The molecule has 0 aromatic heterocycles. The van der Waals surface area contributed by atoms with Crippen molar-refractivity contribution in [1.82, 2.24) is 5.32 Å². The van der Waals surface area contributed by atoms with Gasteiger partial charge in [0.15, 0.2) is 27.4 Å². The summed E-state index contributed by atoms with van der Waals surface area (Å²) >= 11 is 0. The average Bonchev–Trinajstić information content (AvgIpc) is 2.63. The van der Waals surface area contributed by atoms with E-state index in [0.717, 1.165) is 6.26 Å². The molecule has 0 spiro atoms. The molecule has 0 saturated carbocycles. The van der Waals surface area contributed by atoms with E-state index >= 15 is 0 Å². The normalized spacial score (nSPS) is 14.5. The molecule has 9 nitrogen and oxygen atoms in total. The Morgan fingerprint density at radius 1 is 1.20 bits per heavy atom. The van der Waals surface area contributed by atoms with Crippen LogP contribution in [-0.2, 0) is 24.2 Å². The van der Waals surface area contributed by atoms with Crippen LogP contribution in [0, 0.1) is 5.92 Å². The standard InChI is InChI=1S/C20H32N2O7S/c1-7-28-17-11-14(8-9-16(17)27-5)18(19(21)30(6,25)26)29-20(24)15(10-12(2)3)22-13(4)23/h8-9,11-12,15,18-19H,7,10,21H2,1-6H3,(H,22,23)/t15-,18?,19-/m0/s1. The molecular weight excluding hydrogens is 412 g/mol. The van der Waals surface area contributed by atoms with Crippen LogP contribution in [-0.4, -0.2) is 51.7 Å². The number of hydrogen-bond donors (Lipinski definition) is 2. The van der Waals surface area contributed by atoms with Gasteiger partial charge >= 0.3 is 5.97 Å². The first-order valence-corrected chi connectivity index (χ1v) is 11.6. The zero-order valence-electron chi connectivity index (χ0n) is 18.3. The van der Waals surface area contributed by atoms with Gasteiger partial charge in [-0.15, -0.1) is 0 Å². The van der Waals surface area contributed by atoms with Gasteiger partial charge in [-0.25, -0.2) is 13.2 Å². The third-order valence-electron chi connectivity index (χ3n) is 4.22. The van der Waals surface area contributed by atoms with Crippen LogP contribution in [0.25, 0.3) is 0 Å². The number of benzene rings is 1. The quantitative estimate of drug-likeness (QED) is 0.491. The lowest BCUT2D eigenvalue weighted by molar-refractivity contribution is -0.154. The number of rotatable bonds is 11. The van der Waals surface area contributed by atoms with Crippen LogP contribution in [0.15, 0.2) is 18.2 Å². The second kappa shape index (κ2) is 11.2. The van der Waals surface area contributed by atoms with Crippen LogP contribution in [0.3, 0.4) is 0 Å². The van der Waals surface area contributed by atoms with E-state index in [9.17, 15) is 18.0 Å². The molecule has 0 bridgehead atoms. The van der Waals surface area contributed by atoms with E-state index in [4.69, 9.17) is 19.9 Å². The molecule has 0 aliphatic carbocycles. The first-order chi connectivity index (χ1) is 13.9. The van der Waals surface area contributed by atoms with Crippen molar-refractivity contribution < 1.29 is 32.2 Å². The highest BCUT2D eigenvalue weighted by atomic mass is 32.2. The van der Waals surface area contributed by atoms with E-state index in [0.29, 0.717) is 30.1 Å². The van der Waals surface area contributed by atoms with Gasteiger partial charge in [0.05, 0.1) is 13.7 Å². The van der Waals surface area contributed by atoms with E-state index < -0.39 is 39.2 Å². The third-order valence-corrected chi connectivity index (χ3v) is 5.46. The summed E-state index contributed by atoms with van der Waals surface area (Å²) in [5.41, 5.74) is 6.28. The van der Waals surface area contributed by atoms with E-state index in [-0.39, 0.29) is 5.92 Å². The number of carbonyl (C=O) groups is 2. The molecule has 170 valence electrons. The number of hydrogen-bond acceptors (Lipinski definition) is 8. The topological polar surface area (TPSA) is 134 Å².